The lowest BCUT2D eigenvalue weighted by atomic mass is 9.78. The average molecular weight is 345 g/mol. The Morgan fingerprint density at radius 3 is 2.19 bits per heavy atom. The van der Waals surface area contributed by atoms with Crippen LogP contribution in [0, 0.1) is 6.92 Å². The second-order valence-corrected chi connectivity index (χ2v) is 6.66. The van der Waals surface area contributed by atoms with Crippen LogP contribution in [-0.4, -0.2) is 23.0 Å². The molecule has 0 saturated heterocycles. The van der Waals surface area contributed by atoms with E-state index >= 15 is 0 Å². The van der Waals surface area contributed by atoms with Gasteiger partial charge in [-0.3, -0.25) is 4.79 Å². The number of Topliss-reactive ketones (excluding diaryl/α,β-unsaturated/α-hetero) is 1. The van der Waals surface area contributed by atoms with Gasteiger partial charge in [0.05, 0.1) is 0 Å². The first-order valence-electron chi connectivity index (χ1n) is 8.43. The molecule has 4 nitrogen and oxygen atoms in total. The number of phenols is 2. The normalized spacial score (nSPS) is 18.8. The number of phenolic OH excluding ortho intramolecular Hbond substituents is 2. The number of para-hydroxylation sites is 1. The van der Waals surface area contributed by atoms with E-state index < -0.39 is 5.54 Å². The van der Waals surface area contributed by atoms with Crippen molar-refractivity contribution < 1.29 is 15.0 Å². The third-order valence-electron chi connectivity index (χ3n) is 5.24. The van der Waals surface area contributed by atoms with E-state index in [4.69, 9.17) is 0 Å². The second-order valence-electron chi connectivity index (χ2n) is 6.66. The van der Waals surface area contributed by atoms with Crippen molar-refractivity contribution in [1.29, 1.82) is 0 Å². The number of benzene rings is 3. The molecule has 3 aromatic carbocycles. The second kappa shape index (κ2) is 5.63. The smallest absolute Gasteiger partial charge is 0.199 e. The Balaban J connectivity index is 2.05. The summed E-state index contributed by atoms with van der Waals surface area (Å²) < 4.78 is 0. The van der Waals surface area contributed by atoms with E-state index in [0.717, 1.165) is 16.8 Å². The van der Waals surface area contributed by atoms with Crippen LogP contribution in [0.2, 0.25) is 0 Å². The Bertz CT molecular complexity index is 1010. The highest BCUT2D eigenvalue weighted by Crippen LogP contribution is 2.48. The van der Waals surface area contributed by atoms with Gasteiger partial charge in [0.1, 0.15) is 11.5 Å². The van der Waals surface area contributed by atoms with Crippen LogP contribution in [0.3, 0.4) is 0 Å². The Morgan fingerprint density at radius 2 is 1.54 bits per heavy atom. The summed E-state index contributed by atoms with van der Waals surface area (Å²) >= 11 is 0. The van der Waals surface area contributed by atoms with E-state index in [-0.39, 0.29) is 17.3 Å². The third kappa shape index (κ3) is 2.05. The zero-order valence-corrected chi connectivity index (χ0v) is 14.6. The molecule has 130 valence electrons. The van der Waals surface area contributed by atoms with Crippen molar-refractivity contribution in [3.63, 3.8) is 0 Å². The summed E-state index contributed by atoms with van der Waals surface area (Å²) in [6.07, 6.45) is 0. The zero-order chi connectivity index (χ0) is 18.5. The van der Waals surface area contributed by atoms with Gasteiger partial charge >= 0.3 is 0 Å². The van der Waals surface area contributed by atoms with Gasteiger partial charge < -0.3 is 15.1 Å². The molecule has 0 aliphatic carbocycles. The Morgan fingerprint density at radius 1 is 0.885 bits per heavy atom. The SMILES string of the molecule is Cc1cc(C2(c3ccc(O)cc3)C(=O)c3ccccc3N2C)ccc1O. The van der Waals surface area contributed by atoms with E-state index in [1.165, 1.54) is 0 Å². The molecule has 4 heteroatoms. The van der Waals surface area contributed by atoms with Gasteiger partial charge in [-0.05, 0) is 60.0 Å². The van der Waals surface area contributed by atoms with Crippen molar-refractivity contribution in [3.05, 3.63) is 89.0 Å². The molecular weight excluding hydrogens is 326 g/mol. The Hall–Kier alpha value is -3.27. The molecule has 0 aromatic heterocycles. The minimum absolute atomic E-state index is 0.0219. The van der Waals surface area contributed by atoms with Crippen molar-refractivity contribution in [2.24, 2.45) is 0 Å². The van der Waals surface area contributed by atoms with Crippen LogP contribution in [0.1, 0.15) is 27.0 Å². The maximum Gasteiger partial charge on any atom is 0.199 e. The van der Waals surface area contributed by atoms with Crippen molar-refractivity contribution in [1.82, 2.24) is 0 Å². The molecule has 1 aliphatic rings. The zero-order valence-electron chi connectivity index (χ0n) is 14.6. The van der Waals surface area contributed by atoms with Gasteiger partial charge in [-0.1, -0.05) is 30.3 Å². The van der Waals surface area contributed by atoms with Crippen LogP contribution in [0.15, 0.2) is 66.7 Å². The van der Waals surface area contributed by atoms with Gasteiger partial charge in [0, 0.05) is 18.3 Å². The number of carbonyl (C=O) groups is 1. The maximum atomic E-state index is 13.6. The maximum absolute atomic E-state index is 13.6. The largest absolute Gasteiger partial charge is 0.508 e. The number of aryl methyl sites for hydroxylation is 1. The Labute approximate surface area is 152 Å². The number of likely N-dealkylation sites (N-methyl/N-ethyl adjacent to an activating group) is 1. The quantitative estimate of drug-likeness (QED) is 0.737. The van der Waals surface area contributed by atoms with Gasteiger partial charge in [0.2, 0.25) is 0 Å². The van der Waals surface area contributed by atoms with E-state index in [1.54, 1.807) is 36.4 Å². The summed E-state index contributed by atoms with van der Waals surface area (Å²) in [4.78, 5) is 15.6. The summed E-state index contributed by atoms with van der Waals surface area (Å²) in [6, 6.07) is 19.5. The van der Waals surface area contributed by atoms with Crippen LogP contribution in [-0.2, 0) is 5.54 Å². The molecule has 0 radical (unpaired) electrons. The minimum Gasteiger partial charge on any atom is -0.508 e. The van der Waals surface area contributed by atoms with Gasteiger partial charge in [-0.15, -0.1) is 0 Å². The van der Waals surface area contributed by atoms with Gasteiger partial charge in [0.15, 0.2) is 11.3 Å². The first-order chi connectivity index (χ1) is 12.5. The number of hydrogen-bond acceptors (Lipinski definition) is 4. The molecule has 1 aliphatic heterocycles. The lowest BCUT2D eigenvalue weighted by Crippen LogP contribution is -2.46. The van der Waals surface area contributed by atoms with E-state index in [1.807, 2.05) is 49.2 Å². The Kier molecular flexibility index (Phi) is 3.51. The monoisotopic (exact) mass is 345 g/mol. The van der Waals surface area contributed by atoms with Crippen molar-refractivity contribution in [2.75, 3.05) is 11.9 Å². The highest BCUT2D eigenvalue weighted by molar-refractivity contribution is 6.16. The summed E-state index contributed by atoms with van der Waals surface area (Å²) in [5.74, 6) is 0.322. The number of fused-ring (bicyclic) bond motifs is 1. The molecule has 1 atom stereocenters. The number of aromatic hydroxyl groups is 2. The summed E-state index contributed by atoms with van der Waals surface area (Å²) in [5.41, 5.74) is 2.73. The summed E-state index contributed by atoms with van der Waals surface area (Å²) in [5, 5.41) is 19.7. The number of nitrogens with zero attached hydrogens (tertiary/aromatic N) is 1. The molecule has 0 bridgehead atoms. The predicted molar refractivity (Wildman–Crippen MR) is 101 cm³/mol. The van der Waals surface area contributed by atoms with Crippen LogP contribution < -0.4 is 4.90 Å². The summed E-state index contributed by atoms with van der Waals surface area (Å²) in [6.45, 7) is 1.82. The summed E-state index contributed by atoms with van der Waals surface area (Å²) in [7, 11) is 1.90. The van der Waals surface area contributed by atoms with Crippen molar-refractivity contribution in [3.8, 4) is 11.5 Å². The van der Waals surface area contributed by atoms with Crippen molar-refractivity contribution in [2.45, 2.75) is 12.5 Å². The number of hydrogen-bond donors (Lipinski definition) is 2. The molecule has 0 saturated carbocycles. The molecule has 0 spiro atoms. The van der Waals surface area contributed by atoms with Crippen LogP contribution in [0.5, 0.6) is 11.5 Å². The molecular formula is C22H19NO3. The highest BCUT2D eigenvalue weighted by atomic mass is 16.3. The number of ketones is 1. The van der Waals surface area contributed by atoms with Crippen LogP contribution in [0.4, 0.5) is 5.69 Å². The molecule has 26 heavy (non-hydrogen) atoms. The minimum atomic E-state index is -1.05. The highest BCUT2D eigenvalue weighted by Gasteiger charge is 2.52. The lowest BCUT2D eigenvalue weighted by Gasteiger charge is -2.37. The van der Waals surface area contributed by atoms with Gasteiger partial charge in [0.25, 0.3) is 0 Å². The fraction of sp³-hybridized carbons (Fsp3) is 0.136. The molecule has 2 N–H and O–H groups in total. The lowest BCUT2D eigenvalue weighted by molar-refractivity contribution is 0.0928. The van der Waals surface area contributed by atoms with E-state index in [2.05, 4.69) is 0 Å². The van der Waals surface area contributed by atoms with Gasteiger partial charge in [-0.2, -0.15) is 0 Å². The van der Waals surface area contributed by atoms with E-state index in [9.17, 15) is 15.0 Å². The molecule has 1 heterocycles. The van der Waals surface area contributed by atoms with Crippen LogP contribution >= 0.6 is 0 Å². The predicted octanol–water partition coefficient (Wildman–Crippen LogP) is 3.98. The third-order valence-corrected chi connectivity index (χ3v) is 5.24. The number of carbonyl (C=O) groups excluding carboxylic acids is 1. The number of rotatable bonds is 2. The van der Waals surface area contributed by atoms with Crippen molar-refractivity contribution >= 4 is 11.5 Å². The van der Waals surface area contributed by atoms with Gasteiger partial charge in [-0.25, -0.2) is 0 Å². The molecule has 0 amide bonds. The molecule has 0 fully saturated rings. The molecule has 3 aromatic rings. The first kappa shape index (κ1) is 16.2. The fourth-order valence-electron chi connectivity index (χ4n) is 3.89. The average Bonchev–Trinajstić information content (AvgIpc) is 2.87. The molecule has 1 unspecified atom stereocenters. The topological polar surface area (TPSA) is 60.8 Å². The standard InChI is InChI=1S/C22H19NO3/c1-14-13-16(9-12-20(14)25)22(15-7-10-17(24)11-8-15)21(26)18-5-3-4-6-19(18)23(22)2/h3-13,24-25H,1-2H3. The first-order valence-corrected chi connectivity index (χ1v) is 8.43. The van der Waals surface area contributed by atoms with E-state index in [0.29, 0.717) is 11.1 Å². The van der Waals surface area contributed by atoms with Crippen LogP contribution in [0.25, 0.3) is 0 Å². The number of anilines is 1. The molecule has 4 rings (SSSR count). The fourth-order valence-corrected chi connectivity index (χ4v) is 3.89.